The molecule has 0 aliphatic heterocycles. The van der Waals surface area contributed by atoms with Gasteiger partial charge in [0.2, 0.25) is 0 Å². The number of rotatable bonds is 3. The maximum atomic E-state index is 11.4. The average Bonchev–Trinajstić information content (AvgIpc) is 2.52. The summed E-state index contributed by atoms with van der Waals surface area (Å²) >= 11 is 0. The number of hydrogen-bond donors (Lipinski definition) is 1. The second-order valence-electron chi connectivity index (χ2n) is 3.44. The highest BCUT2D eigenvalue weighted by Gasteiger charge is 2.32. The third-order valence-corrected chi connectivity index (χ3v) is 4.91. The van der Waals surface area contributed by atoms with Gasteiger partial charge in [0.05, 0.1) is 5.25 Å². The van der Waals surface area contributed by atoms with Gasteiger partial charge < -0.3 is 5.11 Å². The zero-order valence-corrected chi connectivity index (χ0v) is 8.18. The molecule has 1 rings (SSSR count). The molecule has 0 bridgehead atoms. The van der Waals surface area contributed by atoms with Crippen LogP contribution < -0.4 is 0 Å². The van der Waals surface area contributed by atoms with Crippen LogP contribution in [0.2, 0.25) is 0 Å². The van der Waals surface area contributed by atoms with Crippen LogP contribution in [0.15, 0.2) is 0 Å². The molecule has 2 unspecified atom stereocenters. The normalized spacial score (nSPS) is 30.8. The molecule has 1 saturated carbocycles. The zero-order valence-electron chi connectivity index (χ0n) is 7.36. The first kappa shape index (κ1) is 9.99. The van der Waals surface area contributed by atoms with E-state index in [1.54, 1.807) is 6.92 Å². The molecule has 3 nitrogen and oxygen atoms in total. The van der Waals surface area contributed by atoms with Crippen LogP contribution >= 0.6 is 0 Å². The van der Waals surface area contributed by atoms with Gasteiger partial charge in [0.15, 0.2) is 9.84 Å². The molecule has 72 valence electrons. The first-order valence-corrected chi connectivity index (χ1v) is 6.14. The molecular formula is C8H16O3S. The second-order valence-corrected chi connectivity index (χ2v) is 6.00. The third kappa shape index (κ3) is 1.98. The smallest absolute Gasteiger partial charge is 0.152 e. The number of aliphatic hydroxyl groups is 1. The first-order valence-electron chi connectivity index (χ1n) is 4.42. The molecule has 0 aromatic rings. The molecule has 0 radical (unpaired) electrons. The SMILES string of the molecule is CCS(=O)(=O)C1CCC(CO)C1. The van der Waals surface area contributed by atoms with E-state index in [1.807, 2.05) is 0 Å². The van der Waals surface area contributed by atoms with Gasteiger partial charge in [-0.1, -0.05) is 6.92 Å². The van der Waals surface area contributed by atoms with Crippen molar-refractivity contribution in [3.8, 4) is 0 Å². The van der Waals surface area contributed by atoms with Gasteiger partial charge in [-0.2, -0.15) is 0 Å². The van der Waals surface area contributed by atoms with E-state index in [0.717, 1.165) is 12.8 Å². The van der Waals surface area contributed by atoms with Crippen molar-refractivity contribution in [2.24, 2.45) is 5.92 Å². The van der Waals surface area contributed by atoms with Crippen LogP contribution in [0.1, 0.15) is 26.2 Å². The van der Waals surface area contributed by atoms with E-state index >= 15 is 0 Å². The van der Waals surface area contributed by atoms with Gasteiger partial charge in [-0.05, 0) is 25.2 Å². The van der Waals surface area contributed by atoms with Crippen LogP contribution in [0.5, 0.6) is 0 Å². The maximum Gasteiger partial charge on any atom is 0.152 e. The molecule has 12 heavy (non-hydrogen) atoms. The van der Waals surface area contributed by atoms with Crippen molar-refractivity contribution >= 4 is 9.84 Å². The Morgan fingerprint density at radius 2 is 2.08 bits per heavy atom. The lowest BCUT2D eigenvalue weighted by atomic mass is 10.1. The molecule has 1 N–H and O–H groups in total. The quantitative estimate of drug-likeness (QED) is 0.711. The summed E-state index contributed by atoms with van der Waals surface area (Å²) < 4.78 is 22.8. The molecule has 0 amide bonds. The molecule has 0 spiro atoms. The number of hydrogen-bond acceptors (Lipinski definition) is 3. The lowest BCUT2D eigenvalue weighted by Crippen LogP contribution is -2.20. The Kier molecular flexibility index (Phi) is 3.12. The fourth-order valence-corrected chi connectivity index (χ4v) is 3.29. The standard InChI is InChI=1S/C8H16O3S/c1-2-12(10,11)8-4-3-7(5-8)6-9/h7-9H,2-6H2,1H3. The molecule has 0 saturated heterocycles. The summed E-state index contributed by atoms with van der Waals surface area (Å²) in [6.45, 7) is 1.82. The van der Waals surface area contributed by atoms with E-state index in [0.29, 0.717) is 6.42 Å². The van der Waals surface area contributed by atoms with Crippen molar-refractivity contribution in [3.05, 3.63) is 0 Å². The Hall–Kier alpha value is -0.0900. The Morgan fingerprint density at radius 3 is 2.50 bits per heavy atom. The van der Waals surface area contributed by atoms with Crippen LogP contribution in [0, 0.1) is 5.92 Å². The van der Waals surface area contributed by atoms with Gasteiger partial charge in [-0.3, -0.25) is 0 Å². The second kappa shape index (κ2) is 3.75. The Bertz CT molecular complexity index is 233. The largest absolute Gasteiger partial charge is 0.396 e. The highest BCUT2D eigenvalue weighted by atomic mass is 32.2. The minimum Gasteiger partial charge on any atom is -0.396 e. The molecule has 0 heterocycles. The van der Waals surface area contributed by atoms with Crippen molar-refractivity contribution in [1.82, 2.24) is 0 Å². The molecular weight excluding hydrogens is 176 g/mol. The van der Waals surface area contributed by atoms with Gasteiger partial charge in [-0.15, -0.1) is 0 Å². The molecule has 4 heteroatoms. The average molecular weight is 192 g/mol. The molecule has 1 aliphatic carbocycles. The summed E-state index contributed by atoms with van der Waals surface area (Å²) in [5, 5.41) is 8.65. The van der Waals surface area contributed by atoms with E-state index in [4.69, 9.17) is 5.11 Å². The summed E-state index contributed by atoms with van der Waals surface area (Å²) in [4.78, 5) is 0. The van der Waals surface area contributed by atoms with E-state index in [1.165, 1.54) is 0 Å². The van der Waals surface area contributed by atoms with Crippen LogP contribution in [0.25, 0.3) is 0 Å². The lowest BCUT2D eigenvalue weighted by molar-refractivity contribution is 0.230. The molecule has 0 aromatic carbocycles. The van der Waals surface area contributed by atoms with Crippen LogP contribution in [-0.4, -0.2) is 31.1 Å². The van der Waals surface area contributed by atoms with E-state index < -0.39 is 9.84 Å². The van der Waals surface area contributed by atoms with Crippen LogP contribution in [0.4, 0.5) is 0 Å². The van der Waals surface area contributed by atoms with Crippen molar-refractivity contribution in [2.75, 3.05) is 12.4 Å². The fraction of sp³-hybridized carbons (Fsp3) is 1.00. The predicted octanol–water partition coefficient (Wildman–Crippen LogP) is 0.582. The predicted molar refractivity (Wildman–Crippen MR) is 47.7 cm³/mol. The van der Waals surface area contributed by atoms with Gasteiger partial charge in [0, 0.05) is 12.4 Å². The topological polar surface area (TPSA) is 54.4 Å². The molecule has 0 aromatic heterocycles. The fourth-order valence-electron chi connectivity index (χ4n) is 1.76. The van der Waals surface area contributed by atoms with E-state index in [2.05, 4.69) is 0 Å². The lowest BCUT2D eigenvalue weighted by Gasteiger charge is -2.08. The Balaban J connectivity index is 2.58. The molecule has 2 atom stereocenters. The van der Waals surface area contributed by atoms with Crippen molar-refractivity contribution < 1.29 is 13.5 Å². The Morgan fingerprint density at radius 1 is 1.42 bits per heavy atom. The third-order valence-electron chi connectivity index (χ3n) is 2.66. The van der Waals surface area contributed by atoms with Crippen molar-refractivity contribution in [3.63, 3.8) is 0 Å². The minimum absolute atomic E-state index is 0.135. The van der Waals surface area contributed by atoms with Crippen LogP contribution in [0.3, 0.4) is 0 Å². The van der Waals surface area contributed by atoms with Gasteiger partial charge in [0.25, 0.3) is 0 Å². The highest BCUT2D eigenvalue weighted by Crippen LogP contribution is 2.30. The monoisotopic (exact) mass is 192 g/mol. The van der Waals surface area contributed by atoms with Gasteiger partial charge in [-0.25, -0.2) is 8.42 Å². The van der Waals surface area contributed by atoms with Gasteiger partial charge >= 0.3 is 0 Å². The van der Waals surface area contributed by atoms with E-state index in [-0.39, 0.29) is 23.5 Å². The summed E-state index contributed by atoms with van der Waals surface area (Å²) in [6.07, 6.45) is 2.26. The maximum absolute atomic E-state index is 11.4. The minimum atomic E-state index is -2.85. The molecule has 1 fully saturated rings. The number of sulfone groups is 1. The summed E-state index contributed by atoms with van der Waals surface area (Å²) in [5.41, 5.74) is 0. The van der Waals surface area contributed by atoms with Crippen molar-refractivity contribution in [2.45, 2.75) is 31.4 Å². The van der Waals surface area contributed by atoms with Crippen molar-refractivity contribution in [1.29, 1.82) is 0 Å². The zero-order chi connectivity index (χ0) is 9.19. The number of aliphatic hydroxyl groups excluding tert-OH is 1. The molecule has 1 aliphatic rings. The van der Waals surface area contributed by atoms with Gasteiger partial charge in [0.1, 0.15) is 0 Å². The summed E-state index contributed by atoms with van der Waals surface area (Å²) in [6, 6.07) is 0. The van der Waals surface area contributed by atoms with Crippen LogP contribution in [-0.2, 0) is 9.84 Å². The Labute approximate surface area is 73.7 Å². The summed E-state index contributed by atoms with van der Waals surface area (Å²) in [7, 11) is -2.85. The summed E-state index contributed by atoms with van der Waals surface area (Å²) in [5.74, 6) is 0.451. The highest BCUT2D eigenvalue weighted by molar-refractivity contribution is 7.92. The first-order chi connectivity index (χ1) is 5.60. The van der Waals surface area contributed by atoms with E-state index in [9.17, 15) is 8.42 Å².